The lowest BCUT2D eigenvalue weighted by atomic mass is 9.81. The van der Waals surface area contributed by atoms with Crippen LogP contribution in [0.3, 0.4) is 0 Å². The van der Waals surface area contributed by atoms with Crippen LogP contribution >= 0.6 is 0 Å². The molecule has 2 aromatic rings. The first-order valence-electron chi connectivity index (χ1n) is 14.0. The Morgan fingerprint density at radius 3 is 2.25 bits per heavy atom. The summed E-state index contributed by atoms with van der Waals surface area (Å²) in [4.78, 5) is 0. The highest BCUT2D eigenvalue weighted by molar-refractivity contribution is 5.66. The van der Waals surface area contributed by atoms with E-state index in [0.29, 0.717) is 11.8 Å². The van der Waals surface area contributed by atoms with Crippen molar-refractivity contribution in [3.05, 3.63) is 107 Å². The fraction of sp³-hybridized carbons (Fsp3) is 0.444. The van der Waals surface area contributed by atoms with Crippen LogP contribution in [0.5, 0.6) is 0 Å². The van der Waals surface area contributed by atoms with Gasteiger partial charge < -0.3 is 0 Å². The van der Waals surface area contributed by atoms with Crippen LogP contribution in [-0.2, 0) is 6.42 Å². The Labute approximate surface area is 220 Å². The van der Waals surface area contributed by atoms with Gasteiger partial charge in [0.05, 0.1) is 0 Å². The molecule has 2 aliphatic carbocycles. The zero-order valence-corrected chi connectivity index (χ0v) is 23.6. The van der Waals surface area contributed by atoms with E-state index in [1.54, 1.807) is 0 Å². The van der Waals surface area contributed by atoms with Crippen LogP contribution in [0.2, 0.25) is 0 Å². The van der Waals surface area contributed by atoms with E-state index in [9.17, 15) is 0 Å². The first-order valence-corrected chi connectivity index (χ1v) is 14.0. The molecule has 36 heavy (non-hydrogen) atoms. The molecule has 0 spiro atoms. The summed E-state index contributed by atoms with van der Waals surface area (Å²) in [7, 11) is 0. The van der Waals surface area contributed by atoms with Gasteiger partial charge in [0.25, 0.3) is 0 Å². The fourth-order valence-corrected chi connectivity index (χ4v) is 5.76. The third-order valence-corrected chi connectivity index (χ3v) is 7.74. The normalized spacial score (nSPS) is 18.6. The molecule has 0 bridgehead atoms. The predicted molar refractivity (Wildman–Crippen MR) is 159 cm³/mol. The Morgan fingerprint density at radius 1 is 0.944 bits per heavy atom. The summed E-state index contributed by atoms with van der Waals surface area (Å²) in [5.41, 5.74) is 12.7. The molecule has 0 amide bonds. The standard InChI is InChI=1S/C36H46/c1-9-10-25(3)29-11-15-31(16-12-29)35-18-24(2)17-34(35)27(5)19-26(4)32-20-28(23-36(6,7)8)21-33(22-32)30-13-14-30/h11-12,15-18,20-22,27,30,35H,3-4,9-10,13-14,19,23H2,1-2,5-8H3/t27-,35?/m1/s1. The number of rotatable bonds is 10. The summed E-state index contributed by atoms with van der Waals surface area (Å²) in [6.07, 6.45) is 11.8. The number of benzene rings is 2. The molecule has 4 rings (SSSR count). The van der Waals surface area contributed by atoms with E-state index in [2.05, 4.69) is 109 Å². The maximum atomic E-state index is 4.61. The maximum Gasteiger partial charge on any atom is 0.0239 e. The summed E-state index contributed by atoms with van der Waals surface area (Å²) in [6.45, 7) is 22.7. The Balaban J connectivity index is 1.51. The largest absolute Gasteiger partial charge is 0.0952 e. The zero-order chi connectivity index (χ0) is 26.0. The van der Waals surface area contributed by atoms with Crippen molar-refractivity contribution in [2.45, 2.75) is 91.9 Å². The topological polar surface area (TPSA) is 0 Å². The quantitative estimate of drug-likeness (QED) is 0.318. The van der Waals surface area contributed by atoms with Crippen molar-refractivity contribution in [3.63, 3.8) is 0 Å². The Morgan fingerprint density at radius 2 is 1.64 bits per heavy atom. The van der Waals surface area contributed by atoms with E-state index in [1.807, 2.05) is 0 Å². The average molecular weight is 479 g/mol. The number of hydrogen-bond acceptors (Lipinski definition) is 0. The average Bonchev–Trinajstić information content (AvgIpc) is 3.59. The second-order valence-electron chi connectivity index (χ2n) is 12.7. The summed E-state index contributed by atoms with van der Waals surface area (Å²) in [6, 6.07) is 16.5. The smallest absolute Gasteiger partial charge is 0.0239 e. The van der Waals surface area contributed by atoms with Crippen LogP contribution in [0.4, 0.5) is 0 Å². The molecule has 0 saturated heterocycles. The van der Waals surface area contributed by atoms with Gasteiger partial charge in [0.15, 0.2) is 0 Å². The Kier molecular flexibility index (Phi) is 7.93. The minimum atomic E-state index is 0.289. The molecule has 0 heterocycles. The van der Waals surface area contributed by atoms with Crippen molar-refractivity contribution in [3.8, 4) is 0 Å². The van der Waals surface area contributed by atoms with Gasteiger partial charge in [-0.2, -0.15) is 0 Å². The van der Waals surface area contributed by atoms with Crippen LogP contribution in [0.1, 0.15) is 113 Å². The second kappa shape index (κ2) is 10.8. The van der Waals surface area contributed by atoms with Gasteiger partial charge in [0.2, 0.25) is 0 Å². The monoisotopic (exact) mass is 478 g/mol. The third-order valence-electron chi connectivity index (χ3n) is 7.74. The SMILES string of the molecule is C=C(CCC)c1ccc(C2C=C(C)C=C2[C@H](C)CC(=C)c2cc(CC(C)(C)C)cc(C3CC3)c2)cc1. The molecule has 2 aliphatic rings. The molecule has 2 aromatic carbocycles. The fourth-order valence-electron chi connectivity index (χ4n) is 5.76. The maximum absolute atomic E-state index is 4.61. The number of allylic oxidation sites excluding steroid dienone is 6. The summed E-state index contributed by atoms with van der Waals surface area (Å²) < 4.78 is 0. The van der Waals surface area contributed by atoms with Crippen molar-refractivity contribution in [2.24, 2.45) is 11.3 Å². The van der Waals surface area contributed by atoms with Gasteiger partial charge in [0, 0.05) is 5.92 Å². The molecule has 1 fully saturated rings. The molecular weight excluding hydrogens is 432 g/mol. The lowest BCUT2D eigenvalue weighted by Crippen LogP contribution is -2.10. The van der Waals surface area contributed by atoms with E-state index in [-0.39, 0.29) is 5.41 Å². The van der Waals surface area contributed by atoms with Gasteiger partial charge >= 0.3 is 0 Å². The summed E-state index contributed by atoms with van der Waals surface area (Å²) >= 11 is 0. The molecule has 0 aromatic heterocycles. The van der Waals surface area contributed by atoms with E-state index in [1.165, 1.54) is 63.0 Å². The van der Waals surface area contributed by atoms with Crippen molar-refractivity contribution in [2.75, 3.05) is 0 Å². The predicted octanol–water partition coefficient (Wildman–Crippen LogP) is 10.7. The minimum absolute atomic E-state index is 0.289. The highest BCUT2D eigenvalue weighted by Gasteiger charge is 2.27. The van der Waals surface area contributed by atoms with Gasteiger partial charge in [-0.05, 0) is 95.2 Å². The first kappa shape index (κ1) is 26.5. The van der Waals surface area contributed by atoms with Gasteiger partial charge in [-0.1, -0.05) is 120 Å². The van der Waals surface area contributed by atoms with Crippen molar-refractivity contribution in [1.29, 1.82) is 0 Å². The molecule has 0 N–H and O–H groups in total. The summed E-state index contributed by atoms with van der Waals surface area (Å²) in [5, 5.41) is 0. The zero-order valence-electron chi connectivity index (χ0n) is 23.6. The van der Waals surface area contributed by atoms with Crippen molar-refractivity contribution >= 4 is 11.1 Å². The lowest BCUT2D eigenvalue weighted by molar-refractivity contribution is 0.411. The highest BCUT2D eigenvalue weighted by atomic mass is 14.3. The van der Waals surface area contributed by atoms with Crippen molar-refractivity contribution < 1.29 is 0 Å². The minimum Gasteiger partial charge on any atom is -0.0952 e. The van der Waals surface area contributed by atoms with Crippen LogP contribution in [-0.4, -0.2) is 0 Å². The van der Waals surface area contributed by atoms with Gasteiger partial charge in [-0.15, -0.1) is 0 Å². The molecule has 0 heteroatoms. The molecule has 0 nitrogen and oxygen atoms in total. The van der Waals surface area contributed by atoms with E-state index in [0.717, 1.165) is 31.6 Å². The first-order chi connectivity index (χ1) is 17.0. The third kappa shape index (κ3) is 6.58. The van der Waals surface area contributed by atoms with Gasteiger partial charge in [-0.3, -0.25) is 0 Å². The Hall–Kier alpha value is -2.60. The van der Waals surface area contributed by atoms with Gasteiger partial charge in [-0.25, -0.2) is 0 Å². The van der Waals surface area contributed by atoms with Gasteiger partial charge in [0.1, 0.15) is 0 Å². The van der Waals surface area contributed by atoms with Crippen molar-refractivity contribution in [1.82, 2.24) is 0 Å². The number of hydrogen-bond donors (Lipinski definition) is 0. The van der Waals surface area contributed by atoms with Crippen LogP contribution in [0.15, 0.2) is 78.9 Å². The molecule has 1 saturated carbocycles. The molecule has 1 unspecified atom stereocenters. The summed E-state index contributed by atoms with van der Waals surface area (Å²) in [5.74, 6) is 1.57. The van der Waals surface area contributed by atoms with E-state index < -0.39 is 0 Å². The Bertz CT molecular complexity index is 1170. The molecular formula is C36H46. The van der Waals surface area contributed by atoms with Crippen LogP contribution in [0.25, 0.3) is 11.1 Å². The molecule has 2 atom stereocenters. The van der Waals surface area contributed by atoms with E-state index >= 15 is 0 Å². The van der Waals surface area contributed by atoms with Crippen LogP contribution in [0, 0.1) is 11.3 Å². The van der Waals surface area contributed by atoms with Crippen LogP contribution < -0.4 is 0 Å². The lowest BCUT2D eigenvalue weighted by Gasteiger charge is -2.23. The highest BCUT2D eigenvalue weighted by Crippen LogP contribution is 2.44. The van der Waals surface area contributed by atoms with E-state index in [4.69, 9.17) is 0 Å². The second-order valence-corrected chi connectivity index (χ2v) is 12.7. The molecule has 0 radical (unpaired) electrons. The molecule has 190 valence electrons. The molecule has 0 aliphatic heterocycles.